The van der Waals surface area contributed by atoms with E-state index in [2.05, 4.69) is 10.00 Å². The molecule has 3 aliphatic rings. The second-order valence-electron chi connectivity index (χ2n) is 9.04. The van der Waals surface area contributed by atoms with Crippen molar-refractivity contribution < 1.29 is 5.11 Å². The van der Waals surface area contributed by atoms with Crippen molar-refractivity contribution in [2.24, 2.45) is 5.92 Å². The zero-order chi connectivity index (χ0) is 18.1. The van der Waals surface area contributed by atoms with Crippen molar-refractivity contribution in [1.29, 1.82) is 0 Å². The third kappa shape index (κ3) is 3.89. The number of hydrogen-bond donors (Lipinski definition) is 1. The molecule has 3 atom stereocenters. The second kappa shape index (κ2) is 7.43. The van der Waals surface area contributed by atoms with Crippen LogP contribution in [0.3, 0.4) is 0 Å². The summed E-state index contributed by atoms with van der Waals surface area (Å²) in [6.07, 6.45) is 12.1. The Morgan fingerprint density at radius 2 is 1.77 bits per heavy atom. The van der Waals surface area contributed by atoms with Crippen LogP contribution in [0.15, 0.2) is 16.9 Å². The number of aliphatic hydroxyl groups is 1. The van der Waals surface area contributed by atoms with Crippen molar-refractivity contribution >= 4 is 0 Å². The molecule has 1 aromatic rings. The van der Waals surface area contributed by atoms with Gasteiger partial charge in [0.05, 0.1) is 17.8 Å². The van der Waals surface area contributed by atoms with Gasteiger partial charge in [-0.2, -0.15) is 5.10 Å². The normalized spacial score (nSPS) is 33.3. The van der Waals surface area contributed by atoms with Crippen LogP contribution < -0.4 is 5.56 Å². The Bertz CT molecular complexity index is 666. The Balaban J connectivity index is 1.47. The van der Waals surface area contributed by atoms with Crippen LogP contribution in [-0.4, -0.2) is 44.0 Å². The maximum atomic E-state index is 12.1. The molecule has 3 fully saturated rings. The van der Waals surface area contributed by atoms with E-state index in [0.29, 0.717) is 18.6 Å². The molecule has 5 heteroatoms. The minimum atomic E-state index is -0.802. The molecule has 26 heavy (non-hydrogen) atoms. The predicted octanol–water partition coefficient (Wildman–Crippen LogP) is 2.88. The highest BCUT2D eigenvalue weighted by molar-refractivity contribution is 5.02. The fourth-order valence-corrected chi connectivity index (χ4v) is 5.66. The topological polar surface area (TPSA) is 58.4 Å². The zero-order valence-corrected chi connectivity index (χ0v) is 16.1. The standard InChI is InChI=1S/C21H33N3O2/c1-16-10-11-20(25)24(22-16)15-21(26)12-18-8-5-9-19(13-21)23(18)14-17-6-3-2-4-7-17/h10-11,17-19,26H,2-9,12-15H2,1H3/t18-,19+,21?. The summed E-state index contributed by atoms with van der Waals surface area (Å²) >= 11 is 0. The number of nitrogens with zero attached hydrogens (tertiary/aromatic N) is 3. The summed E-state index contributed by atoms with van der Waals surface area (Å²) in [6.45, 7) is 3.44. The van der Waals surface area contributed by atoms with Crippen molar-refractivity contribution in [2.75, 3.05) is 6.54 Å². The molecule has 1 aromatic heterocycles. The molecular weight excluding hydrogens is 326 g/mol. The lowest BCUT2D eigenvalue weighted by Gasteiger charge is -2.53. The van der Waals surface area contributed by atoms with Gasteiger partial charge in [0, 0.05) is 24.7 Å². The fourth-order valence-electron chi connectivity index (χ4n) is 5.66. The number of fused-ring (bicyclic) bond motifs is 2. The van der Waals surface area contributed by atoms with Crippen LogP contribution in [0.4, 0.5) is 0 Å². The van der Waals surface area contributed by atoms with Crippen molar-refractivity contribution in [1.82, 2.24) is 14.7 Å². The van der Waals surface area contributed by atoms with E-state index in [1.807, 2.05) is 6.92 Å². The number of aromatic nitrogens is 2. The van der Waals surface area contributed by atoms with Gasteiger partial charge in [0.1, 0.15) is 0 Å². The third-order valence-corrected chi connectivity index (χ3v) is 6.88. The van der Waals surface area contributed by atoms with Crippen LogP contribution in [0.2, 0.25) is 0 Å². The third-order valence-electron chi connectivity index (χ3n) is 6.88. The molecule has 2 aliphatic heterocycles. The molecule has 1 N–H and O–H groups in total. The number of rotatable bonds is 4. The molecule has 1 unspecified atom stereocenters. The van der Waals surface area contributed by atoms with Crippen molar-refractivity contribution in [3.8, 4) is 0 Å². The van der Waals surface area contributed by atoms with Gasteiger partial charge in [-0.1, -0.05) is 25.7 Å². The smallest absolute Gasteiger partial charge is 0.266 e. The average Bonchev–Trinajstić information content (AvgIpc) is 2.60. The average molecular weight is 360 g/mol. The van der Waals surface area contributed by atoms with E-state index in [9.17, 15) is 9.90 Å². The second-order valence-corrected chi connectivity index (χ2v) is 9.04. The first-order chi connectivity index (χ1) is 12.5. The molecule has 0 aromatic carbocycles. The van der Waals surface area contributed by atoms with Crippen molar-refractivity contribution in [2.45, 2.75) is 95.4 Å². The van der Waals surface area contributed by atoms with Gasteiger partial charge in [-0.25, -0.2) is 4.68 Å². The Morgan fingerprint density at radius 1 is 1.08 bits per heavy atom. The number of hydrogen-bond acceptors (Lipinski definition) is 4. The van der Waals surface area contributed by atoms with Crippen molar-refractivity contribution in [3.05, 3.63) is 28.2 Å². The van der Waals surface area contributed by atoms with E-state index in [-0.39, 0.29) is 5.56 Å². The highest BCUT2D eigenvalue weighted by Gasteiger charge is 2.46. The Hall–Kier alpha value is -1.20. The van der Waals surface area contributed by atoms with E-state index < -0.39 is 5.60 Å². The largest absolute Gasteiger partial charge is 0.388 e. The van der Waals surface area contributed by atoms with E-state index in [0.717, 1.165) is 24.5 Å². The van der Waals surface area contributed by atoms with Crippen molar-refractivity contribution in [3.63, 3.8) is 0 Å². The summed E-state index contributed by atoms with van der Waals surface area (Å²) in [6, 6.07) is 4.24. The van der Waals surface area contributed by atoms with Gasteiger partial charge >= 0.3 is 0 Å². The van der Waals surface area contributed by atoms with E-state index in [1.165, 1.54) is 62.6 Å². The summed E-state index contributed by atoms with van der Waals surface area (Å²) in [5, 5.41) is 15.7. The molecular formula is C21H33N3O2. The Kier molecular flexibility index (Phi) is 5.20. The minimum Gasteiger partial charge on any atom is -0.388 e. The first kappa shape index (κ1) is 18.2. The predicted molar refractivity (Wildman–Crippen MR) is 102 cm³/mol. The molecule has 1 saturated carbocycles. The summed E-state index contributed by atoms with van der Waals surface area (Å²) in [4.78, 5) is 14.9. The summed E-state index contributed by atoms with van der Waals surface area (Å²) in [5.74, 6) is 0.846. The Morgan fingerprint density at radius 3 is 2.46 bits per heavy atom. The van der Waals surface area contributed by atoms with E-state index >= 15 is 0 Å². The summed E-state index contributed by atoms with van der Waals surface area (Å²) in [5.41, 5.74) is -0.0920. The first-order valence-corrected chi connectivity index (χ1v) is 10.6. The van der Waals surface area contributed by atoms with Gasteiger partial charge in [-0.05, 0) is 57.4 Å². The van der Waals surface area contributed by atoms with Gasteiger partial charge in [0.15, 0.2) is 0 Å². The highest BCUT2D eigenvalue weighted by atomic mass is 16.3. The van der Waals surface area contributed by atoms with Crippen LogP contribution in [0.25, 0.3) is 0 Å². The first-order valence-electron chi connectivity index (χ1n) is 10.6. The fraction of sp³-hybridized carbons (Fsp3) is 0.810. The number of piperidine rings is 2. The van der Waals surface area contributed by atoms with E-state index in [4.69, 9.17) is 0 Å². The quantitative estimate of drug-likeness (QED) is 0.898. The lowest BCUT2D eigenvalue weighted by atomic mass is 9.74. The highest BCUT2D eigenvalue weighted by Crippen LogP contribution is 2.41. The maximum absolute atomic E-state index is 12.1. The molecule has 2 saturated heterocycles. The van der Waals surface area contributed by atoms with Crippen LogP contribution >= 0.6 is 0 Å². The lowest BCUT2D eigenvalue weighted by Crippen LogP contribution is -2.60. The van der Waals surface area contributed by atoms with Gasteiger partial charge in [0.25, 0.3) is 5.56 Å². The molecule has 144 valence electrons. The SMILES string of the molecule is Cc1ccc(=O)n(CC2(O)C[C@H]3CCC[C@@H](C2)N3CC2CCCCC2)n1. The lowest BCUT2D eigenvalue weighted by molar-refractivity contribution is -0.106. The van der Waals surface area contributed by atoms with Crippen LogP contribution in [0.1, 0.15) is 69.9 Å². The molecule has 5 nitrogen and oxygen atoms in total. The van der Waals surface area contributed by atoms with Gasteiger partial charge < -0.3 is 5.11 Å². The van der Waals surface area contributed by atoms with Gasteiger partial charge in [-0.3, -0.25) is 9.69 Å². The molecule has 1 aliphatic carbocycles. The molecule has 0 spiro atoms. The Labute approximate surface area is 156 Å². The van der Waals surface area contributed by atoms with Gasteiger partial charge in [0.2, 0.25) is 0 Å². The zero-order valence-electron chi connectivity index (χ0n) is 16.1. The summed E-state index contributed by atoms with van der Waals surface area (Å²) in [7, 11) is 0. The molecule has 3 heterocycles. The molecule has 0 radical (unpaired) electrons. The van der Waals surface area contributed by atoms with E-state index in [1.54, 1.807) is 12.1 Å². The maximum Gasteiger partial charge on any atom is 0.266 e. The van der Waals surface area contributed by atoms with Crippen LogP contribution in [0, 0.1) is 12.8 Å². The van der Waals surface area contributed by atoms with Gasteiger partial charge in [-0.15, -0.1) is 0 Å². The van der Waals surface area contributed by atoms with Crippen LogP contribution in [-0.2, 0) is 6.54 Å². The molecule has 2 bridgehead atoms. The summed E-state index contributed by atoms with van der Waals surface area (Å²) < 4.78 is 1.47. The van der Waals surface area contributed by atoms with Crippen LogP contribution in [0.5, 0.6) is 0 Å². The molecule has 4 rings (SSSR count). The molecule has 0 amide bonds. The number of aryl methyl sites for hydroxylation is 1. The monoisotopic (exact) mass is 359 g/mol. The minimum absolute atomic E-state index is 0.112.